The number of carbonyl (C=O) groups excluding carboxylic acids is 1. The molecular formula is C16H25NO5S. The van der Waals surface area contributed by atoms with Crippen LogP contribution in [-0.4, -0.2) is 32.0 Å². The van der Waals surface area contributed by atoms with Crippen molar-refractivity contribution in [1.29, 1.82) is 0 Å². The van der Waals surface area contributed by atoms with Gasteiger partial charge >= 0.3 is 5.97 Å². The smallest absolute Gasteiger partial charge is 0.355 e. The zero-order valence-corrected chi connectivity index (χ0v) is 14.9. The lowest BCUT2D eigenvalue weighted by Crippen LogP contribution is -2.54. The molecule has 2 N–H and O–H groups in total. The zero-order valence-electron chi connectivity index (χ0n) is 14.0. The molecule has 6 nitrogen and oxygen atoms in total. The Morgan fingerprint density at radius 3 is 2.22 bits per heavy atom. The molecule has 0 aromatic heterocycles. The number of rotatable bonds is 7. The largest absolute Gasteiger partial charge is 0.457 e. The maximum Gasteiger partial charge on any atom is 0.355 e. The minimum atomic E-state index is -3.90. The summed E-state index contributed by atoms with van der Waals surface area (Å²) in [5.74, 6) is -0.886. The first-order chi connectivity index (χ1) is 10.4. The van der Waals surface area contributed by atoms with Crippen molar-refractivity contribution < 1.29 is 22.1 Å². The summed E-state index contributed by atoms with van der Waals surface area (Å²) in [5.41, 5.74) is 4.18. The standard InChI is InChI=1S/C16H25NO5S/c1-15(2,3)21-14(18)16(17,22-23(4,19)20)12-8-11-13-9-6-5-7-10-13/h5-7,9-10H,8,11-12,17H2,1-4H3. The van der Waals surface area contributed by atoms with Crippen LogP contribution in [0.15, 0.2) is 30.3 Å². The molecular weight excluding hydrogens is 318 g/mol. The molecule has 0 fully saturated rings. The fraction of sp³-hybridized carbons (Fsp3) is 0.562. The van der Waals surface area contributed by atoms with Gasteiger partial charge in [0.05, 0.1) is 6.26 Å². The Kier molecular flexibility index (Phi) is 6.33. The van der Waals surface area contributed by atoms with Crippen LogP contribution < -0.4 is 5.73 Å². The van der Waals surface area contributed by atoms with Gasteiger partial charge < -0.3 is 4.74 Å². The van der Waals surface area contributed by atoms with Crippen LogP contribution in [0.5, 0.6) is 0 Å². The first-order valence-corrected chi connectivity index (χ1v) is 9.20. The van der Waals surface area contributed by atoms with Crippen LogP contribution >= 0.6 is 0 Å². The molecule has 1 rings (SSSR count). The summed E-state index contributed by atoms with van der Waals surface area (Å²) in [7, 11) is -3.90. The summed E-state index contributed by atoms with van der Waals surface area (Å²) < 4.78 is 32.9. The number of nitrogens with two attached hydrogens (primary N) is 1. The second-order valence-electron chi connectivity index (χ2n) is 6.52. The van der Waals surface area contributed by atoms with Crippen molar-refractivity contribution in [1.82, 2.24) is 0 Å². The average molecular weight is 343 g/mol. The molecule has 0 aliphatic heterocycles. The predicted molar refractivity (Wildman–Crippen MR) is 88.1 cm³/mol. The van der Waals surface area contributed by atoms with Crippen LogP contribution in [-0.2, 0) is 30.3 Å². The number of benzene rings is 1. The van der Waals surface area contributed by atoms with Crippen molar-refractivity contribution >= 4 is 16.1 Å². The fourth-order valence-corrected chi connectivity index (χ4v) is 2.70. The van der Waals surface area contributed by atoms with Crippen LogP contribution in [0.25, 0.3) is 0 Å². The second kappa shape index (κ2) is 7.42. The lowest BCUT2D eigenvalue weighted by molar-refractivity contribution is -0.174. The molecule has 1 aromatic rings. The minimum absolute atomic E-state index is 0.0316. The Morgan fingerprint density at radius 1 is 1.17 bits per heavy atom. The molecule has 0 aliphatic carbocycles. The molecule has 1 atom stereocenters. The van der Waals surface area contributed by atoms with Crippen molar-refractivity contribution in [3.05, 3.63) is 35.9 Å². The predicted octanol–water partition coefficient (Wildman–Crippen LogP) is 1.98. The number of aryl methyl sites for hydroxylation is 1. The number of carbonyl (C=O) groups is 1. The molecule has 0 heterocycles. The Bertz CT molecular complexity index is 622. The molecule has 130 valence electrons. The van der Waals surface area contributed by atoms with Gasteiger partial charge in [0.25, 0.3) is 10.1 Å². The summed E-state index contributed by atoms with van der Waals surface area (Å²) in [4.78, 5) is 12.3. The van der Waals surface area contributed by atoms with Crippen LogP contribution in [0, 0.1) is 0 Å². The second-order valence-corrected chi connectivity index (χ2v) is 8.09. The van der Waals surface area contributed by atoms with Crippen LogP contribution in [0.3, 0.4) is 0 Å². The van der Waals surface area contributed by atoms with Gasteiger partial charge in [0.15, 0.2) is 0 Å². The van der Waals surface area contributed by atoms with Crippen molar-refractivity contribution in [2.45, 2.75) is 51.4 Å². The van der Waals surface area contributed by atoms with E-state index in [9.17, 15) is 13.2 Å². The molecule has 0 radical (unpaired) electrons. The van der Waals surface area contributed by atoms with Gasteiger partial charge in [-0.3, -0.25) is 5.73 Å². The molecule has 0 saturated heterocycles. The third kappa shape index (κ3) is 7.58. The Labute approximate surface area is 138 Å². The van der Waals surface area contributed by atoms with E-state index in [-0.39, 0.29) is 6.42 Å². The lowest BCUT2D eigenvalue weighted by atomic mass is 10.0. The molecule has 0 amide bonds. The van der Waals surface area contributed by atoms with Gasteiger partial charge in [0, 0.05) is 6.42 Å². The van der Waals surface area contributed by atoms with E-state index in [2.05, 4.69) is 0 Å². The van der Waals surface area contributed by atoms with E-state index in [1.165, 1.54) is 0 Å². The number of hydrogen-bond acceptors (Lipinski definition) is 6. The highest BCUT2D eigenvalue weighted by atomic mass is 32.2. The van der Waals surface area contributed by atoms with E-state index < -0.39 is 27.4 Å². The van der Waals surface area contributed by atoms with E-state index in [0.29, 0.717) is 12.8 Å². The van der Waals surface area contributed by atoms with Gasteiger partial charge in [-0.2, -0.15) is 8.42 Å². The van der Waals surface area contributed by atoms with Crippen LogP contribution in [0.4, 0.5) is 0 Å². The molecule has 0 spiro atoms. The SMILES string of the molecule is CC(C)(C)OC(=O)C(N)(CCCc1ccccc1)OS(C)(=O)=O. The quantitative estimate of drug-likeness (QED) is 0.462. The first kappa shape index (κ1) is 19.6. The Balaban J connectivity index is 2.81. The third-order valence-electron chi connectivity index (χ3n) is 2.90. The van der Waals surface area contributed by atoms with Gasteiger partial charge in [-0.05, 0) is 39.2 Å². The molecule has 7 heteroatoms. The van der Waals surface area contributed by atoms with Gasteiger partial charge in [0.2, 0.25) is 5.72 Å². The summed E-state index contributed by atoms with van der Waals surface area (Å²) in [6, 6.07) is 9.62. The highest BCUT2D eigenvalue weighted by Gasteiger charge is 2.42. The topological polar surface area (TPSA) is 95.7 Å². The summed E-state index contributed by atoms with van der Waals surface area (Å²) >= 11 is 0. The maximum atomic E-state index is 12.3. The van der Waals surface area contributed by atoms with E-state index in [4.69, 9.17) is 14.7 Å². The van der Waals surface area contributed by atoms with Crippen molar-refractivity contribution in [2.24, 2.45) is 5.73 Å². The number of hydrogen-bond donors (Lipinski definition) is 1. The van der Waals surface area contributed by atoms with Gasteiger partial charge in [-0.15, -0.1) is 0 Å². The van der Waals surface area contributed by atoms with E-state index >= 15 is 0 Å². The van der Waals surface area contributed by atoms with Gasteiger partial charge in [0.1, 0.15) is 5.60 Å². The van der Waals surface area contributed by atoms with E-state index in [1.54, 1.807) is 20.8 Å². The summed E-state index contributed by atoms with van der Waals surface area (Å²) in [6.07, 6.45) is 2.02. The zero-order chi connectivity index (χ0) is 17.7. The minimum Gasteiger partial charge on any atom is -0.457 e. The lowest BCUT2D eigenvalue weighted by Gasteiger charge is -2.30. The van der Waals surface area contributed by atoms with Gasteiger partial charge in [-0.1, -0.05) is 30.3 Å². The molecule has 0 bridgehead atoms. The molecule has 0 saturated carbocycles. The number of esters is 1. The van der Waals surface area contributed by atoms with Crippen LogP contribution in [0.1, 0.15) is 39.2 Å². The first-order valence-electron chi connectivity index (χ1n) is 7.38. The molecule has 1 aromatic carbocycles. The Hall–Kier alpha value is -1.44. The maximum absolute atomic E-state index is 12.3. The molecule has 23 heavy (non-hydrogen) atoms. The fourth-order valence-electron chi connectivity index (χ4n) is 2.01. The number of ether oxygens (including phenoxy) is 1. The van der Waals surface area contributed by atoms with Crippen molar-refractivity contribution in [2.75, 3.05) is 6.26 Å². The van der Waals surface area contributed by atoms with Crippen molar-refractivity contribution in [3.8, 4) is 0 Å². The summed E-state index contributed by atoms with van der Waals surface area (Å²) in [6.45, 7) is 5.03. The highest BCUT2D eigenvalue weighted by Crippen LogP contribution is 2.21. The summed E-state index contributed by atoms with van der Waals surface area (Å²) in [5, 5.41) is 0. The molecule has 0 aliphatic rings. The average Bonchev–Trinajstić information content (AvgIpc) is 2.35. The molecule has 1 unspecified atom stereocenters. The highest BCUT2D eigenvalue weighted by molar-refractivity contribution is 7.86. The third-order valence-corrected chi connectivity index (χ3v) is 3.50. The normalized spacial score (nSPS) is 15.0. The Morgan fingerprint density at radius 2 is 1.74 bits per heavy atom. The van der Waals surface area contributed by atoms with Crippen LogP contribution in [0.2, 0.25) is 0 Å². The van der Waals surface area contributed by atoms with Crippen molar-refractivity contribution in [3.63, 3.8) is 0 Å². The van der Waals surface area contributed by atoms with E-state index in [1.807, 2.05) is 30.3 Å². The van der Waals surface area contributed by atoms with Gasteiger partial charge in [-0.25, -0.2) is 8.98 Å². The van der Waals surface area contributed by atoms with E-state index in [0.717, 1.165) is 11.8 Å². The monoisotopic (exact) mass is 343 g/mol.